The van der Waals surface area contributed by atoms with Gasteiger partial charge in [0.2, 0.25) is 11.1 Å². The van der Waals surface area contributed by atoms with Crippen molar-refractivity contribution in [1.29, 1.82) is 0 Å². The second kappa shape index (κ2) is 8.51. The average Bonchev–Trinajstić information content (AvgIpc) is 3.11. The highest BCUT2D eigenvalue weighted by Crippen LogP contribution is 2.32. The van der Waals surface area contributed by atoms with Gasteiger partial charge in [-0.3, -0.25) is 4.79 Å². The summed E-state index contributed by atoms with van der Waals surface area (Å²) in [5, 5.41) is 17.1. The Kier molecular flexibility index (Phi) is 5.82. The Balaban J connectivity index is 1.59. The molecule has 6 nitrogen and oxygen atoms in total. The number of benzene rings is 2. The van der Waals surface area contributed by atoms with Gasteiger partial charge < -0.3 is 5.32 Å². The molecule has 2 heterocycles. The lowest BCUT2D eigenvalue weighted by Crippen LogP contribution is -2.15. The minimum Gasteiger partial charge on any atom is -0.326 e. The molecule has 0 saturated carbocycles. The van der Waals surface area contributed by atoms with Crippen molar-refractivity contribution in [2.45, 2.75) is 25.4 Å². The normalized spacial score (nSPS) is 13.2. The highest BCUT2D eigenvalue weighted by Gasteiger charge is 2.21. The molecule has 0 atom stereocenters. The van der Waals surface area contributed by atoms with E-state index in [0.717, 1.165) is 32.2 Å². The average molecular weight is 470 g/mol. The molecule has 0 radical (unpaired) electrons. The van der Waals surface area contributed by atoms with Crippen molar-refractivity contribution in [1.82, 2.24) is 14.9 Å². The molecule has 0 bridgehead atoms. The Hall–Kier alpha value is -2.45. The number of hydrogen-bond acceptors (Lipinski definition) is 5. The summed E-state index contributed by atoms with van der Waals surface area (Å²) in [6.07, 6.45) is 0.513. The van der Waals surface area contributed by atoms with Gasteiger partial charge in [-0.1, -0.05) is 65.8 Å². The van der Waals surface area contributed by atoms with Crippen LogP contribution in [0.25, 0.3) is 11.4 Å². The van der Waals surface area contributed by atoms with Gasteiger partial charge in [0.1, 0.15) is 0 Å². The van der Waals surface area contributed by atoms with Gasteiger partial charge in [0.25, 0.3) is 0 Å². The monoisotopic (exact) mass is 469 g/mol. The van der Waals surface area contributed by atoms with Crippen molar-refractivity contribution in [3.05, 3.63) is 58.6 Å². The first-order chi connectivity index (χ1) is 14.0. The van der Waals surface area contributed by atoms with Crippen LogP contribution < -0.4 is 5.32 Å². The van der Waals surface area contributed by atoms with E-state index in [-0.39, 0.29) is 5.91 Å². The van der Waals surface area contributed by atoms with E-state index in [0.29, 0.717) is 23.9 Å². The Bertz CT molecular complexity index is 1070. The van der Waals surface area contributed by atoms with Crippen LogP contribution >= 0.6 is 27.7 Å². The van der Waals surface area contributed by atoms with Crippen molar-refractivity contribution in [3.63, 3.8) is 0 Å². The maximum atomic E-state index is 12.0. The number of carbonyl (C=O) groups excluding carboxylic acids is 1. The second-order valence-corrected chi connectivity index (χ2v) is 8.95. The number of anilines is 1. The van der Waals surface area contributed by atoms with Gasteiger partial charge in [-0.05, 0) is 35.7 Å². The van der Waals surface area contributed by atoms with Gasteiger partial charge >= 0.3 is 0 Å². The fourth-order valence-corrected chi connectivity index (χ4v) is 4.31. The molecule has 1 aromatic heterocycles. The topological polar surface area (TPSA) is 72.2 Å². The maximum Gasteiger partial charge on any atom is 0.224 e. The molecule has 148 valence electrons. The zero-order valence-electron chi connectivity index (χ0n) is 16.1. The van der Waals surface area contributed by atoms with E-state index in [9.17, 15) is 4.79 Å². The molecular weight excluding hydrogens is 450 g/mol. The minimum absolute atomic E-state index is 0.0329. The first kappa shape index (κ1) is 19.8. The van der Waals surface area contributed by atoms with Gasteiger partial charge in [-0.15, -0.1) is 10.2 Å². The Morgan fingerprint density at radius 2 is 1.93 bits per heavy atom. The van der Waals surface area contributed by atoms with Crippen molar-refractivity contribution in [3.8, 4) is 11.4 Å². The number of fused-ring (bicyclic) bond motifs is 1. The Morgan fingerprint density at radius 3 is 2.66 bits per heavy atom. The number of carbonyl (C=O) groups is 1. The number of amides is 1. The predicted octanol–water partition coefficient (Wildman–Crippen LogP) is 5.05. The van der Waals surface area contributed by atoms with E-state index in [4.69, 9.17) is 5.10 Å². The van der Waals surface area contributed by atoms with E-state index >= 15 is 0 Å². The van der Waals surface area contributed by atoms with Gasteiger partial charge in [0.15, 0.2) is 5.82 Å². The number of thioether (sulfide) groups is 1. The van der Waals surface area contributed by atoms with E-state index in [1.807, 2.05) is 62.4 Å². The van der Waals surface area contributed by atoms with Crippen LogP contribution in [-0.4, -0.2) is 32.2 Å². The van der Waals surface area contributed by atoms with Crippen LogP contribution in [0.15, 0.2) is 63.3 Å². The molecule has 0 aliphatic carbocycles. The zero-order valence-corrected chi connectivity index (χ0v) is 18.5. The number of nitrogens with zero attached hydrogens (tertiary/aromatic N) is 4. The molecule has 0 fully saturated rings. The third-order valence-electron chi connectivity index (χ3n) is 4.38. The highest BCUT2D eigenvalue weighted by atomic mass is 79.9. The van der Waals surface area contributed by atoms with Crippen molar-refractivity contribution < 1.29 is 4.79 Å². The van der Waals surface area contributed by atoms with Crippen LogP contribution in [0.3, 0.4) is 0 Å². The molecule has 29 heavy (non-hydrogen) atoms. The molecule has 8 heteroatoms. The Morgan fingerprint density at radius 1 is 1.17 bits per heavy atom. The van der Waals surface area contributed by atoms with E-state index in [2.05, 4.69) is 31.4 Å². The smallest absolute Gasteiger partial charge is 0.224 e. The number of rotatable bonds is 5. The van der Waals surface area contributed by atoms with Crippen molar-refractivity contribution in [2.24, 2.45) is 11.0 Å². The summed E-state index contributed by atoms with van der Waals surface area (Å²) in [5.41, 5.74) is 3.69. The summed E-state index contributed by atoms with van der Waals surface area (Å²) in [6, 6.07) is 15.7. The standard InChI is InChI=1S/C21H20BrN5OS/c1-13(2)11-19(28)23-15-9-7-14(8-10-15)18-12-29-21-25-24-20(27(21)26-18)16-5-3-4-6-17(16)22/h3-10,13H,11-12H2,1-2H3,(H,23,28). The van der Waals surface area contributed by atoms with E-state index in [1.54, 1.807) is 16.4 Å². The molecular formula is C21H20BrN5OS. The number of nitrogens with one attached hydrogen (secondary N) is 1. The summed E-state index contributed by atoms with van der Waals surface area (Å²) in [5.74, 6) is 1.78. The molecule has 1 aliphatic heterocycles. The van der Waals surface area contributed by atoms with Crippen LogP contribution in [0.2, 0.25) is 0 Å². The van der Waals surface area contributed by atoms with Gasteiger partial charge in [0.05, 0.1) is 5.71 Å². The summed E-state index contributed by atoms with van der Waals surface area (Å²) in [4.78, 5) is 12.0. The van der Waals surface area contributed by atoms with Crippen molar-refractivity contribution in [2.75, 3.05) is 11.1 Å². The lowest BCUT2D eigenvalue weighted by atomic mass is 10.1. The maximum absolute atomic E-state index is 12.0. The summed E-state index contributed by atoms with van der Waals surface area (Å²) in [6.45, 7) is 4.06. The largest absolute Gasteiger partial charge is 0.326 e. The highest BCUT2D eigenvalue weighted by molar-refractivity contribution is 9.10. The van der Waals surface area contributed by atoms with Crippen molar-refractivity contribution >= 4 is 45.0 Å². The van der Waals surface area contributed by atoms with Crippen LogP contribution in [0, 0.1) is 5.92 Å². The summed E-state index contributed by atoms with van der Waals surface area (Å²) >= 11 is 5.19. The van der Waals surface area contributed by atoms with Gasteiger partial charge in [-0.2, -0.15) is 9.78 Å². The third-order valence-corrected chi connectivity index (χ3v) is 6.00. The summed E-state index contributed by atoms with van der Waals surface area (Å²) < 4.78 is 2.74. The predicted molar refractivity (Wildman–Crippen MR) is 120 cm³/mol. The molecule has 2 aromatic carbocycles. The van der Waals surface area contributed by atoms with Crippen LogP contribution in [0.5, 0.6) is 0 Å². The van der Waals surface area contributed by atoms with Crippen LogP contribution in [0.4, 0.5) is 5.69 Å². The quantitative estimate of drug-likeness (QED) is 0.567. The minimum atomic E-state index is 0.0329. The first-order valence-corrected chi connectivity index (χ1v) is 11.1. The lowest BCUT2D eigenvalue weighted by Gasteiger charge is -2.15. The molecule has 0 unspecified atom stereocenters. The molecule has 0 saturated heterocycles. The Labute approximate surface area is 181 Å². The molecule has 0 spiro atoms. The SMILES string of the molecule is CC(C)CC(=O)Nc1ccc(C2=Nn3c(nnc3-c3ccccc3Br)SC2)cc1. The number of aromatic nitrogens is 3. The molecule has 1 N–H and O–H groups in total. The van der Waals surface area contributed by atoms with Crippen LogP contribution in [0.1, 0.15) is 25.8 Å². The van der Waals surface area contributed by atoms with Gasteiger partial charge in [-0.25, -0.2) is 0 Å². The molecule has 3 aromatic rings. The van der Waals surface area contributed by atoms with Gasteiger partial charge in [0, 0.05) is 27.9 Å². The van der Waals surface area contributed by atoms with E-state index in [1.165, 1.54) is 0 Å². The molecule has 4 rings (SSSR count). The fraction of sp³-hybridized carbons (Fsp3) is 0.238. The van der Waals surface area contributed by atoms with E-state index < -0.39 is 0 Å². The first-order valence-electron chi connectivity index (χ1n) is 9.32. The fourth-order valence-electron chi connectivity index (χ4n) is 3.01. The number of halogens is 1. The number of hydrogen-bond donors (Lipinski definition) is 1. The summed E-state index contributed by atoms with van der Waals surface area (Å²) in [7, 11) is 0. The zero-order chi connectivity index (χ0) is 20.4. The second-order valence-electron chi connectivity index (χ2n) is 7.16. The third kappa shape index (κ3) is 4.43. The lowest BCUT2D eigenvalue weighted by molar-refractivity contribution is -0.116. The van der Waals surface area contributed by atoms with Crippen LogP contribution in [-0.2, 0) is 4.79 Å². The molecule has 1 amide bonds. The molecule has 1 aliphatic rings.